The lowest BCUT2D eigenvalue weighted by Gasteiger charge is -2.17. The summed E-state index contributed by atoms with van der Waals surface area (Å²) >= 11 is 0. The second-order valence-electron chi connectivity index (χ2n) is 7.73. The molecular formula is C25H25N3O4. The van der Waals surface area contributed by atoms with E-state index >= 15 is 0 Å². The standard InChI is InChI=1S/C23H18N2O4.C2H7N/c1-23(12-26)8-6-15(16(7-9-23)22(27)28)21-17-4-2-13(24)10-19(17)29-20-11-14(25)3-5-18(20)21;1-3-2/h2-12,24H,25H2,1H3,(H,27,28);3H,1-2H3. The minimum atomic E-state index is -1.11. The van der Waals surface area contributed by atoms with Gasteiger partial charge in [0.05, 0.1) is 16.3 Å². The zero-order chi connectivity index (χ0) is 23.5. The van der Waals surface area contributed by atoms with Gasteiger partial charge in [0.15, 0.2) is 0 Å². The Kier molecular flexibility index (Phi) is 6.41. The predicted octanol–water partition coefficient (Wildman–Crippen LogP) is 3.60. The maximum absolute atomic E-state index is 12.1. The summed E-state index contributed by atoms with van der Waals surface area (Å²) in [5.41, 5.74) is 7.82. The molecule has 0 bridgehead atoms. The molecule has 2 aliphatic carbocycles. The molecule has 1 heterocycles. The highest BCUT2D eigenvalue weighted by molar-refractivity contribution is 6.09. The van der Waals surface area contributed by atoms with E-state index in [1.54, 1.807) is 61.5 Å². The van der Waals surface area contributed by atoms with E-state index in [4.69, 9.17) is 15.6 Å². The lowest BCUT2D eigenvalue weighted by molar-refractivity contribution is -0.132. The van der Waals surface area contributed by atoms with Crippen molar-refractivity contribution in [1.29, 1.82) is 5.41 Å². The molecule has 0 amide bonds. The van der Waals surface area contributed by atoms with Crippen LogP contribution in [0.2, 0.25) is 0 Å². The Balaban J connectivity index is 0.000000913. The molecule has 7 nitrogen and oxygen atoms in total. The van der Waals surface area contributed by atoms with Crippen LogP contribution in [-0.4, -0.2) is 31.5 Å². The summed E-state index contributed by atoms with van der Waals surface area (Å²) in [6, 6.07) is 10.1. The lowest BCUT2D eigenvalue weighted by Crippen LogP contribution is -2.10. The van der Waals surface area contributed by atoms with Crippen molar-refractivity contribution in [2.75, 3.05) is 19.8 Å². The smallest absolute Gasteiger partial charge is 0.336 e. The Morgan fingerprint density at radius 1 is 1.16 bits per heavy atom. The van der Waals surface area contributed by atoms with Crippen LogP contribution in [0.3, 0.4) is 0 Å². The van der Waals surface area contributed by atoms with E-state index in [1.165, 1.54) is 6.08 Å². The molecule has 5 N–H and O–H groups in total. The van der Waals surface area contributed by atoms with Gasteiger partial charge in [0, 0.05) is 34.3 Å². The van der Waals surface area contributed by atoms with Crippen LogP contribution >= 0.6 is 0 Å². The third-order valence-electron chi connectivity index (χ3n) is 5.01. The Hall–Kier alpha value is -3.97. The van der Waals surface area contributed by atoms with Crippen LogP contribution < -0.4 is 16.4 Å². The van der Waals surface area contributed by atoms with Crippen molar-refractivity contribution in [3.8, 4) is 11.3 Å². The van der Waals surface area contributed by atoms with Crippen molar-refractivity contribution in [2.24, 2.45) is 5.41 Å². The van der Waals surface area contributed by atoms with Gasteiger partial charge in [-0.2, -0.15) is 0 Å². The monoisotopic (exact) mass is 431 g/mol. The fourth-order valence-electron chi connectivity index (χ4n) is 3.44. The van der Waals surface area contributed by atoms with Crippen LogP contribution in [0.1, 0.15) is 12.5 Å². The molecule has 0 spiro atoms. The van der Waals surface area contributed by atoms with Gasteiger partial charge in [-0.05, 0) is 56.9 Å². The molecule has 0 radical (unpaired) electrons. The number of rotatable bonds is 3. The molecule has 1 unspecified atom stereocenters. The highest BCUT2D eigenvalue weighted by Gasteiger charge is 2.26. The maximum atomic E-state index is 12.1. The number of aliphatic carboxylic acids is 1. The molecule has 1 aromatic rings. The summed E-state index contributed by atoms with van der Waals surface area (Å²) in [6.07, 6.45) is 7.15. The molecule has 32 heavy (non-hydrogen) atoms. The quantitative estimate of drug-likeness (QED) is 0.285. The van der Waals surface area contributed by atoms with Gasteiger partial charge in [0.1, 0.15) is 17.6 Å². The maximum Gasteiger partial charge on any atom is 0.336 e. The van der Waals surface area contributed by atoms with Gasteiger partial charge in [0.25, 0.3) is 0 Å². The average molecular weight is 431 g/mol. The third-order valence-corrected chi connectivity index (χ3v) is 5.01. The highest BCUT2D eigenvalue weighted by atomic mass is 16.4. The van der Waals surface area contributed by atoms with Crippen LogP contribution in [-0.2, 0) is 9.59 Å². The van der Waals surface area contributed by atoms with Crippen molar-refractivity contribution in [2.45, 2.75) is 6.92 Å². The first-order valence-corrected chi connectivity index (χ1v) is 9.95. The van der Waals surface area contributed by atoms with Gasteiger partial charge in [-0.15, -0.1) is 0 Å². The van der Waals surface area contributed by atoms with Crippen LogP contribution in [0.15, 0.2) is 70.7 Å². The summed E-state index contributed by atoms with van der Waals surface area (Å²) in [5, 5.41) is 21.5. The molecular weight excluding hydrogens is 406 g/mol. The SMILES string of the molecule is CC1(C=O)C=CC(C(=O)O)=C(c2c3ccc(=N)cc-3oc3cc(N)ccc23)C=C1.CNC. The highest BCUT2D eigenvalue weighted by Crippen LogP contribution is 2.41. The number of carboxylic acid groups (broad SMARTS) is 1. The second kappa shape index (κ2) is 9.03. The van der Waals surface area contributed by atoms with E-state index < -0.39 is 11.4 Å². The Bertz CT molecular complexity index is 1320. The van der Waals surface area contributed by atoms with Crippen LogP contribution in [0.4, 0.5) is 5.69 Å². The van der Waals surface area contributed by atoms with Gasteiger partial charge in [-0.1, -0.05) is 18.2 Å². The number of benzene rings is 2. The molecule has 1 aromatic carbocycles. The number of allylic oxidation sites excluding steroid dienone is 4. The summed E-state index contributed by atoms with van der Waals surface area (Å²) in [4.78, 5) is 23.6. The van der Waals surface area contributed by atoms with Gasteiger partial charge in [-0.3, -0.25) is 0 Å². The number of nitrogen functional groups attached to an aromatic ring is 1. The van der Waals surface area contributed by atoms with Crippen LogP contribution in [0.5, 0.6) is 0 Å². The van der Waals surface area contributed by atoms with E-state index in [9.17, 15) is 14.7 Å². The van der Waals surface area contributed by atoms with E-state index in [2.05, 4.69) is 5.32 Å². The number of carbonyl (C=O) groups is 2. The fraction of sp³-hybridized carbons (Fsp3) is 0.160. The van der Waals surface area contributed by atoms with E-state index in [1.807, 2.05) is 14.1 Å². The Labute approximate surface area is 185 Å². The normalized spacial score (nSPS) is 17.7. The van der Waals surface area contributed by atoms with Gasteiger partial charge < -0.3 is 30.8 Å². The molecule has 0 saturated heterocycles. The van der Waals surface area contributed by atoms with Gasteiger partial charge in [-0.25, -0.2) is 4.79 Å². The molecule has 0 saturated carbocycles. The minimum absolute atomic E-state index is 0.0624. The fourth-order valence-corrected chi connectivity index (χ4v) is 3.44. The number of nitrogens with one attached hydrogen (secondary N) is 2. The van der Waals surface area contributed by atoms with E-state index in [0.717, 1.165) is 6.29 Å². The first-order valence-electron chi connectivity index (χ1n) is 9.95. The molecule has 1 atom stereocenters. The summed E-state index contributed by atoms with van der Waals surface area (Å²) in [6.45, 7) is 1.71. The van der Waals surface area contributed by atoms with Gasteiger partial charge in [0.2, 0.25) is 0 Å². The summed E-state index contributed by atoms with van der Waals surface area (Å²) in [7, 11) is 3.75. The Morgan fingerprint density at radius 3 is 2.50 bits per heavy atom. The molecule has 164 valence electrons. The summed E-state index contributed by atoms with van der Waals surface area (Å²) in [5.74, 6) is -0.659. The molecule has 0 aromatic heterocycles. The third kappa shape index (κ3) is 4.38. The van der Waals surface area contributed by atoms with Crippen LogP contribution in [0, 0.1) is 10.8 Å². The van der Waals surface area contributed by atoms with Crippen molar-refractivity contribution >= 4 is 34.5 Å². The number of carboxylic acids is 1. The van der Waals surface area contributed by atoms with E-state index in [-0.39, 0.29) is 10.9 Å². The number of nitrogens with two attached hydrogens (primary N) is 1. The van der Waals surface area contributed by atoms with Crippen molar-refractivity contribution in [3.63, 3.8) is 0 Å². The minimum Gasteiger partial charge on any atom is -0.478 e. The average Bonchev–Trinajstić information content (AvgIpc) is 2.92. The summed E-state index contributed by atoms with van der Waals surface area (Å²) < 4.78 is 5.96. The molecule has 4 rings (SSSR count). The Morgan fingerprint density at radius 2 is 1.84 bits per heavy atom. The molecule has 1 aliphatic heterocycles. The lowest BCUT2D eigenvalue weighted by atomic mass is 9.89. The zero-order valence-corrected chi connectivity index (χ0v) is 18.1. The van der Waals surface area contributed by atoms with Gasteiger partial charge >= 0.3 is 5.97 Å². The largest absolute Gasteiger partial charge is 0.478 e. The first kappa shape index (κ1) is 22.7. The van der Waals surface area contributed by atoms with Crippen LogP contribution in [0.25, 0.3) is 27.9 Å². The van der Waals surface area contributed by atoms with E-state index in [0.29, 0.717) is 39.1 Å². The predicted molar refractivity (Wildman–Crippen MR) is 125 cm³/mol. The zero-order valence-electron chi connectivity index (χ0n) is 18.1. The van der Waals surface area contributed by atoms with Crippen molar-refractivity contribution in [1.82, 2.24) is 5.32 Å². The number of hydrogen-bond donors (Lipinski definition) is 4. The molecule has 0 fully saturated rings. The molecule has 3 aliphatic rings. The first-order chi connectivity index (χ1) is 15.2. The second-order valence-corrected chi connectivity index (χ2v) is 7.73. The number of carbonyl (C=O) groups excluding carboxylic acids is 1. The number of fused-ring (bicyclic) bond motifs is 2. The van der Waals surface area contributed by atoms with Crippen molar-refractivity contribution in [3.05, 3.63) is 77.2 Å². The number of aldehydes is 1. The van der Waals surface area contributed by atoms with Crippen molar-refractivity contribution < 1.29 is 19.1 Å². The number of hydrogen-bond acceptors (Lipinski definition) is 6. The number of anilines is 1. The topological polar surface area (TPSA) is 129 Å². The molecule has 7 heteroatoms.